The third-order valence-electron chi connectivity index (χ3n) is 3.91. The third-order valence-corrected chi connectivity index (χ3v) is 3.91. The van der Waals surface area contributed by atoms with E-state index in [1.807, 2.05) is 45.0 Å². The summed E-state index contributed by atoms with van der Waals surface area (Å²) in [6.45, 7) is 8.00. The molecule has 0 bridgehead atoms. The summed E-state index contributed by atoms with van der Waals surface area (Å²) in [5.74, 6) is 1.47. The Hall–Kier alpha value is -1.95. The molecule has 0 aromatic heterocycles. The van der Waals surface area contributed by atoms with E-state index in [0.717, 1.165) is 11.5 Å². The molecule has 0 spiro atoms. The topological polar surface area (TPSA) is 60.0 Å². The van der Waals surface area contributed by atoms with E-state index in [1.54, 1.807) is 4.90 Å². The lowest BCUT2D eigenvalue weighted by Gasteiger charge is -2.41. The van der Waals surface area contributed by atoms with Gasteiger partial charge >= 0.3 is 6.03 Å². The maximum absolute atomic E-state index is 12.4. The van der Waals surface area contributed by atoms with Crippen LogP contribution in [0.25, 0.3) is 0 Å². The van der Waals surface area contributed by atoms with Gasteiger partial charge in [0.15, 0.2) is 17.6 Å². The zero-order valence-electron chi connectivity index (χ0n) is 13.9. The van der Waals surface area contributed by atoms with Crippen LogP contribution in [0.4, 0.5) is 4.79 Å². The summed E-state index contributed by atoms with van der Waals surface area (Å²) in [6.07, 6.45) is -0.147. The molecule has 1 fully saturated rings. The normalized spacial score (nSPS) is 25.8. The van der Waals surface area contributed by atoms with E-state index in [-0.39, 0.29) is 23.8 Å². The fourth-order valence-electron chi connectivity index (χ4n) is 3.09. The predicted octanol–water partition coefficient (Wildman–Crippen LogP) is 2.04. The zero-order valence-corrected chi connectivity index (χ0v) is 13.9. The van der Waals surface area contributed by atoms with E-state index in [4.69, 9.17) is 14.2 Å². The first-order chi connectivity index (χ1) is 10.9. The van der Waals surface area contributed by atoms with Crippen LogP contribution in [0.3, 0.4) is 0 Å². The van der Waals surface area contributed by atoms with Gasteiger partial charge in [-0.2, -0.15) is 0 Å². The first-order valence-electron chi connectivity index (χ1n) is 8.02. The highest BCUT2D eigenvalue weighted by Crippen LogP contribution is 2.30. The minimum atomic E-state index is -0.321. The number of hydrogen-bond acceptors (Lipinski definition) is 4. The number of amides is 2. The Balaban J connectivity index is 1.52. The molecule has 1 saturated heterocycles. The monoisotopic (exact) mass is 320 g/mol. The zero-order chi connectivity index (χ0) is 16.4. The van der Waals surface area contributed by atoms with E-state index >= 15 is 0 Å². The van der Waals surface area contributed by atoms with Crippen molar-refractivity contribution in [2.45, 2.75) is 38.6 Å². The van der Waals surface area contributed by atoms with Gasteiger partial charge in [-0.05, 0) is 32.9 Å². The largest absolute Gasteiger partial charge is 0.486 e. The van der Waals surface area contributed by atoms with Gasteiger partial charge in [-0.25, -0.2) is 4.79 Å². The van der Waals surface area contributed by atoms with Crippen LogP contribution < -0.4 is 14.8 Å². The molecule has 1 N–H and O–H groups in total. The predicted molar refractivity (Wildman–Crippen MR) is 86.0 cm³/mol. The van der Waals surface area contributed by atoms with E-state index in [2.05, 4.69) is 5.32 Å². The molecule has 6 nitrogen and oxygen atoms in total. The fraction of sp³-hybridized carbons (Fsp3) is 0.588. The van der Waals surface area contributed by atoms with Crippen LogP contribution >= 0.6 is 0 Å². The number of para-hydroxylation sites is 2. The Morgan fingerprint density at radius 1 is 1.35 bits per heavy atom. The molecular formula is C17H24N2O4. The van der Waals surface area contributed by atoms with E-state index < -0.39 is 0 Å². The van der Waals surface area contributed by atoms with Crippen molar-refractivity contribution in [1.82, 2.24) is 10.2 Å². The van der Waals surface area contributed by atoms with Crippen molar-refractivity contribution in [2.24, 2.45) is 0 Å². The molecule has 2 atom stereocenters. The molecule has 0 saturated carbocycles. The molecule has 0 aliphatic carbocycles. The Kier molecular flexibility index (Phi) is 4.35. The Morgan fingerprint density at radius 2 is 2.09 bits per heavy atom. The maximum Gasteiger partial charge on any atom is 0.317 e. The average molecular weight is 320 g/mol. The molecule has 23 heavy (non-hydrogen) atoms. The number of nitrogens with one attached hydrogen (secondary N) is 1. The molecule has 6 heteroatoms. The van der Waals surface area contributed by atoms with Crippen LogP contribution in [0.15, 0.2) is 24.3 Å². The molecule has 3 rings (SSSR count). The van der Waals surface area contributed by atoms with Gasteiger partial charge in [-0.15, -0.1) is 0 Å². The number of benzene rings is 1. The highest BCUT2D eigenvalue weighted by Gasteiger charge is 2.34. The smallest absolute Gasteiger partial charge is 0.317 e. The van der Waals surface area contributed by atoms with Gasteiger partial charge in [0.1, 0.15) is 6.61 Å². The second-order valence-electron chi connectivity index (χ2n) is 6.75. The summed E-state index contributed by atoms with van der Waals surface area (Å²) in [4.78, 5) is 14.2. The first-order valence-corrected chi connectivity index (χ1v) is 8.02. The molecule has 2 aliphatic heterocycles. The van der Waals surface area contributed by atoms with E-state index in [1.165, 1.54) is 0 Å². The van der Waals surface area contributed by atoms with Gasteiger partial charge in [-0.1, -0.05) is 12.1 Å². The summed E-state index contributed by atoms with van der Waals surface area (Å²) in [5, 5.41) is 2.94. The number of rotatable bonds is 2. The van der Waals surface area contributed by atoms with E-state index in [9.17, 15) is 4.79 Å². The number of fused-ring (bicyclic) bond motifs is 1. The van der Waals surface area contributed by atoms with Crippen LogP contribution in [0.1, 0.15) is 20.8 Å². The quantitative estimate of drug-likeness (QED) is 0.906. The average Bonchev–Trinajstić information content (AvgIpc) is 2.50. The molecule has 0 radical (unpaired) electrons. The maximum atomic E-state index is 12.4. The van der Waals surface area contributed by atoms with Crippen LogP contribution in [-0.4, -0.2) is 55.0 Å². The van der Waals surface area contributed by atoms with Gasteiger partial charge in [0.2, 0.25) is 0 Å². The van der Waals surface area contributed by atoms with Crippen molar-refractivity contribution < 1.29 is 19.0 Å². The van der Waals surface area contributed by atoms with Crippen molar-refractivity contribution in [3.8, 4) is 11.5 Å². The van der Waals surface area contributed by atoms with Crippen molar-refractivity contribution in [3.63, 3.8) is 0 Å². The SMILES string of the molecule is C[C@@H]1CN(C(=O)NC[C@H]2COc3ccccc3O2)CC(C)(C)O1. The summed E-state index contributed by atoms with van der Waals surface area (Å²) >= 11 is 0. The molecule has 2 aliphatic rings. The number of hydrogen-bond donors (Lipinski definition) is 1. The minimum Gasteiger partial charge on any atom is -0.486 e. The van der Waals surface area contributed by atoms with Crippen molar-refractivity contribution in [3.05, 3.63) is 24.3 Å². The molecule has 1 aromatic carbocycles. The Morgan fingerprint density at radius 3 is 2.83 bits per heavy atom. The second kappa shape index (κ2) is 6.28. The van der Waals surface area contributed by atoms with Crippen molar-refractivity contribution in [2.75, 3.05) is 26.2 Å². The molecule has 2 amide bonds. The highest BCUT2D eigenvalue weighted by atomic mass is 16.6. The van der Waals surface area contributed by atoms with Gasteiger partial charge in [0.25, 0.3) is 0 Å². The summed E-state index contributed by atoms with van der Waals surface area (Å²) in [7, 11) is 0. The van der Waals surface area contributed by atoms with Gasteiger partial charge in [0, 0.05) is 6.54 Å². The number of morpholine rings is 1. The summed E-state index contributed by atoms with van der Waals surface area (Å²) in [5.41, 5.74) is -0.321. The summed E-state index contributed by atoms with van der Waals surface area (Å²) < 4.78 is 17.3. The van der Waals surface area contributed by atoms with Crippen LogP contribution in [0.2, 0.25) is 0 Å². The van der Waals surface area contributed by atoms with Gasteiger partial charge in [0.05, 0.1) is 24.8 Å². The lowest BCUT2D eigenvalue weighted by molar-refractivity contribution is -0.117. The van der Waals surface area contributed by atoms with Gasteiger partial charge < -0.3 is 24.4 Å². The molecule has 126 valence electrons. The Bertz CT molecular complexity index is 575. The number of ether oxygens (including phenoxy) is 3. The molecule has 1 aromatic rings. The standard InChI is InChI=1S/C17H24N2O4/c1-12-9-19(11-17(2,3)23-12)16(20)18-8-13-10-21-14-6-4-5-7-15(14)22-13/h4-7,12-13H,8-11H2,1-3H3,(H,18,20)/t12-,13+/m1/s1. The number of urea groups is 1. The van der Waals surface area contributed by atoms with Crippen molar-refractivity contribution in [1.29, 1.82) is 0 Å². The second-order valence-corrected chi connectivity index (χ2v) is 6.75. The lowest BCUT2D eigenvalue weighted by Crippen LogP contribution is -2.57. The Labute approximate surface area is 136 Å². The fourth-order valence-corrected chi connectivity index (χ4v) is 3.09. The molecule has 0 unspecified atom stereocenters. The number of nitrogens with zero attached hydrogens (tertiary/aromatic N) is 1. The number of carbonyl (C=O) groups is 1. The highest BCUT2D eigenvalue weighted by molar-refractivity contribution is 5.74. The van der Waals surface area contributed by atoms with E-state index in [0.29, 0.717) is 26.2 Å². The molecule has 2 heterocycles. The third kappa shape index (κ3) is 3.88. The minimum absolute atomic E-state index is 0.0330. The van der Waals surface area contributed by atoms with Crippen LogP contribution in [0.5, 0.6) is 11.5 Å². The first kappa shape index (κ1) is 15.9. The number of carbonyl (C=O) groups excluding carboxylic acids is 1. The molecular weight excluding hydrogens is 296 g/mol. The van der Waals surface area contributed by atoms with Crippen LogP contribution in [-0.2, 0) is 4.74 Å². The summed E-state index contributed by atoms with van der Waals surface area (Å²) in [6, 6.07) is 7.47. The van der Waals surface area contributed by atoms with Crippen LogP contribution in [0, 0.1) is 0 Å². The van der Waals surface area contributed by atoms with Gasteiger partial charge in [-0.3, -0.25) is 0 Å². The van der Waals surface area contributed by atoms with Crippen molar-refractivity contribution >= 4 is 6.03 Å². The lowest BCUT2D eigenvalue weighted by atomic mass is 10.1.